The number of hydrogen-bond donors (Lipinski definition) is 1. The van der Waals surface area contributed by atoms with Crippen molar-refractivity contribution in [2.75, 3.05) is 0 Å². The van der Waals surface area contributed by atoms with Crippen molar-refractivity contribution in [3.05, 3.63) is 34.9 Å². The van der Waals surface area contributed by atoms with Crippen LogP contribution in [0.25, 0.3) is 0 Å². The van der Waals surface area contributed by atoms with E-state index in [1.54, 1.807) is 6.92 Å². The first-order chi connectivity index (χ1) is 8.49. The largest absolute Gasteiger partial charge is 0.416 e. The number of alkyl halides is 6. The fraction of sp³-hybridized carbons (Fsp3) is 0.500. The fourth-order valence-electron chi connectivity index (χ4n) is 1.73. The lowest BCUT2D eigenvalue weighted by molar-refractivity contribution is -0.138. The van der Waals surface area contributed by atoms with Crippen LogP contribution in [0.5, 0.6) is 0 Å². The van der Waals surface area contributed by atoms with Gasteiger partial charge in [-0.3, -0.25) is 0 Å². The molecule has 0 aliphatic rings. The molecule has 7 heteroatoms. The quantitative estimate of drug-likeness (QED) is 0.842. The molecule has 0 amide bonds. The van der Waals surface area contributed by atoms with Crippen LogP contribution in [0.2, 0.25) is 0 Å². The lowest BCUT2D eigenvalue weighted by atomic mass is 9.96. The molecule has 2 N–H and O–H groups in total. The van der Waals surface area contributed by atoms with Gasteiger partial charge in [-0.05, 0) is 36.6 Å². The summed E-state index contributed by atoms with van der Waals surface area (Å²) >= 11 is 0. The molecule has 0 aromatic heterocycles. The van der Waals surface area contributed by atoms with Crippen molar-refractivity contribution < 1.29 is 26.3 Å². The Bertz CT molecular complexity index is 433. The normalized spacial score (nSPS) is 14.5. The number of rotatable bonds is 3. The molecule has 0 aliphatic heterocycles. The van der Waals surface area contributed by atoms with Crippen LogP contribution in [0.1, 0.15) is 23.6 Å². The van der Waals surface area contributed by atoms with Crippen LogP contribution in [0.3, 0.4) is 0 Å². The highest BCUT2D eigenvalue weighted by Crippen LogP contribution is 2.32. The summed E-state index contributed by atoms with van der Waals surface area (Å²) in [5.74, 6) is 0. The second-order valence-corrected chi connectivity index (χ2v) is 4.45. The van der Waals surface area contributed by atoms with Crippen LogP contribution in [0, 0.1) is 0 Å². The van der Waals surface area contributed by atoms with Crippen LogP contribution >= 0.6 is 0 Å². The molecule has 0 bridgehead atoms. The van der Waals surface area contributed by atoms with E-state index >= 15 is 0 Å². The van der Waals surface area contributed by atoms with E-state index < -0.39 is 30.4 Å². The first kappa shape index (κ1) is 15.8. The first-order valence-electron chi connectivity index (χ1n) is 5.50. The Morgan fingerprint density at radius 1 is 1.05 bits per heavy atom. The Balaban J connectivity index is 3.18. The van der Waals surface area contributed by atoms with Crippen molar-refractivity contribution in [2.45, 2.75) is 38.2 Å². The average Bonchev–Trinajstić information content (AvgIpc) is 2.15. The number of hydrogen-bond acceptors (Lipinski definition) is 1. The van der Waals surface area contributed by atoms with Crippen molar-refractivity contribution in [1.29, 1.82) is 0 Å². The molecule has 19 heavy (non-hydrogen) atoms. The van der Waals surface area contributed by atoms with E-state index in [-0.39, 0.29) is 17.5 Å². The number of halogens is 6. The smallest absolute Gasteiger partial charge is 0.328 e. The van der Waals surface area contributed by atoms with E-state index in [9.17, 15) is 26.3 Å². The fourth-order valence-corrected chi connectivity index (χ4v) is 1.73. The summed E-state index contributed by atoms with van der Waals surface area (Å²) in [6.07, 6.45) is -10.5. The molecule has 1 nitrogen and oxygen atoms in total. The molecular weight excluding hydrogens is 272 g/mol. The van der Waals surface area contributed by atoms with Gasteiger partial charge in [-0.25, -0.2) is 0 Å². The van der Waals surface area contributed by atoms with Crippen molar-refractivity contribution in [2.24, 2.45) is 5.73 Å². The Hall–Kier alpha value is -1.24. The molecule has 0 saturated heterocycles. The van der Waals surface area contributed by atoms with Crippen LogP contribution in [0.4, 0.5) is 26.3 Å². The Kier molecular flexibility index (Phi) is 4.50. The van der Waals surface area contributed by atoms with E-state index in [0.29, 0.717) is 6.07 Å². The SMILES string of the molecule is CC(N)Cc1ccc(C(F)(F)F)cc1CC(F)(F)F. The minimum atomic E-state index is -4.66. The molecule has 0 aliphatic carbocycles. The predicted octanol–water partition coefficient (Wildman–Crippen LogP) is 3.70. The highest BCUT2D eigenvalue weighted by atomic mass is 19.4. The minimum absolute atomic E-state index is 0.101. The monoisotopic (exact) mass is 285 g/mol. The van der Waals surface area contributed by atoms with Gasteiger partial charge >= 0.3 is 12.4 Å². The van der Waals surface area contributed by atoms with Crippen molar-refractivity contribution in [3.8, 4) is 0 Å². The van der Waals surface area contributed by atoms with Crippen LogP contribution < -0.4 is 5.73 Å². The predicted molar refractivity (Wildman–Crippen MR) is 58.6 cm³/mol. The second-order valence-electron chi connectivity index (χ2n) is 4.45. The van der Waals surface area contributed by atoms with Crippen molar-refractivity contribution >= 4 is 0 Å². The molecule has 0 fully saturated rings. The van der Waals surface area contributed by atoms with Crippen LogP contribution in [0.15, 0.2) is 18.2 Å². The molecular formula is C12H13F6N. The van der Waals surface area contributed by atoms with Gasteiger partial charge in [0.05, 0.1) is 12.0 Å². The van der Waals surface area contributed by atoms with Crippen molar-refractivity contribution in [3.63, 3.8) is 0 Å². The maximum Gasteiger partial charge on any atom is 0.416 e. The molecule has 108 valence electrons. The summed E-state index contributed by atoms with van der Waals surface area (Å²) in [6, 6.07) is 1.96. The average molecular weight is 285 g/mol. The van der Waals surface area contributed by atoms with Gasteiger partial charge in [0.15, 0.2) is 0 Å². The maximum atomic E-state index is 12.5. The van der Waals surface area contributed by atoms with Gasteiger partial charge in [0, 0.05) is 6.04 Å². The van der Waals surface area contributed by atoms with E-state index in [4.69, 9.17) is 5.73 Å². The summed E-state index contributed by atoms with van der Waals surface area (Å²) in [6.45, 7) is 1.58. The van der Waals surface area contributed by atoms with Gasteiger partial charge in [0.2, 0.25) is 0 Å². The first-order valence-corrected chi connectivity index (χ1v) is 5.50. The molecule has 0 saturated carbocycles. The van der Waals surface area contributed by atoms with Crippen LogP contribution in [-0.2, 0) is 19.0 Å². The molecule has 1 atom stereocenters. The molecule has 1 aromatic carbocycles. The summed E-state index contributed by atoms with van der Waals surface area (Å²) in [4.78, 5) is 0. The molecule has 0 spiro atoms. The van der Waals surface area contributed by atoms with Gasteiger partial charge in [-0.15, -0.1) is 0 Å². The van der Waals surface area contributed by atoms with E-state index in [0.717, 1.165) is 12.1 Å². The van der Waals surface area contributed by atoms with Crippen molar-refractivity contribution in [1.82, 2.24) is 0 Å². The minimum Gasteiger partial charge on any atom is -0.328 e. The maximum absolute atomic E-state index is 12.5. The highest BCUT2D eigenvalue weighted by Gasteiger charge is 2.34. The Morgan fingerprint density at radius 2 is 1.63 bits per heavy atom. The topological polar surface area (TPSA) is 26.0 Å². The third kappa shape index (κ3) is 5.10. The molecule has 1 unspecified atom stereocenters. The van der Waals surface area contributed by atoms with Gasteiger partial charge < -0.3 is 5.73 Å². The van der Waals surface area contributed by atoms with Gasteiger partial charge in [0.25, 0.3) is 0 Å². The summed E-state index contributed by atoms with van der Waals surface area (Å²) in [7, 11) is 0. The number of nitrogens with two attached hydrogens (primary N) is 1. The summed E-state index contributed by atoms with van der Waals surface area (Å²) in [5.41, 5.74) is 4.21. The van der Waals surface area contributed by atoms with Gasteiger partial charge in [-0.1, -0.05) is 6.07 Å². The summed E-state index contributed by atoms with van der Waals surface area (Å²) in [5, 5.41) is 0. The Morgan fingerprint density at radius 3 is 2.05 bits per heavy atom. The van der Waals surface area contributed by atoms with Gasteiger partial charge in [-0.2, -0.15) is 26.3 Å². The standard InChI is InChI=1S/C12H13F6N/c1-7(19)4-8-2-3-10(12(16,17)18)5-9(8)6-11(13,14)15/h2-3,5,7H,4,6,19H2,1H3. The van der Waals surface area contributed by atoms with Crippen LogP contribution in [-0.4, -0.2) is 12.2 Å². The van der Waals surface area contributed by atoms with E-state index in [1.807, 2.05) is 0 Å². The Labute approximate surface area is 106 Å². The number of benzene rings is 1. The molecule has 0 heterocycles. The zero-order chi connectivity index (χ0) is 14.8. The molecule has 0 radical (unpaired) electrons. The third-order valence-corrected chi connectivity index (χ3v) is 2.47. The zero-order valence-corrected chi connectivity index (χ0v) is 10.1. The molecule has 1 aromatic rings. The third-order valence-electron chi connectivity index (χ3n) is 2.47. The van der Waals surface area contributed by atoms with Gasteiger partial charge in [0.1, 0.15) is 0 Å². The van der Waals surface area contributed by atoms with E-state index in [1.165, 1.54) is 0 Å². The highest BCUT2D eigenvalue weighted by molar-refractivity contribution is 5.34. The lowest BCUT2D eigenvalue weighted by Gasteiger charge is -2.16. The second kappa shape index (κ2) is 5.40. The zero-order valence-electron chi connectivity index (χ0n) is 10.1. The lowest BCUT2D eigenvalue weighted by Crippen LogP contribution is -2.21. The summed E-state index contributed by atoms with van der Waals surface area (Å²) < 4.78 is 74.6. The molecule has 1 rings (SSSR count). The van der Waals surface area contributed by atoms with E-state index in [2.05, 4.69) is 0 Å².